The van der Waals surface area contributed by atoms with Crippen LogP contribution in [0.2, 0.25) is 0 Å². The Hall–Kier alpha value is -4.51. The number of nitrogens with one attached hydrogen (secondary N) is 1. The topological polar surface area (TPSA) is 37.9 Å². The van der Waals surface area contributed by atoms with E-state index in [2.05, 4.69) is 9.97 Å². The number of ether oxygens (including phenoxy) is 1. The smallest absolute Gasteiger partial charge is 0.152 e. The third-order valence-electron chi connectivity index (χ3n) is 6.25. The van der Waals surface area contributed by atoms with Crippen LogP contribution in [0.5, 0.6) is 5.75 Å². The van der Waals surface area contributed by atoms with Crippen LogP contribution in [0, 0.1) is 11.6 Å². The third-order valence-corrected chi connectivity index (χ3v) is 6.25. The van der Waals surface area contributed by atoms with Gasteiger partial charge in [0.05, 0.1) is 18.5 Å². The van der Waals surface area contributed by atoms with Crippen molar-refractivity contribution in [3.63, 3.8) is 0 Å². The second kappa shape index (κ2) is 8.37. The highest BCUT2D eigenvalue weighted by Crippen LogP contribution is 2.43. The number of aromatic nitrogens is 2. The zero-order valence-corrected chi connectivity index (χ0v) is 18.8. The van der Waals surface area contributed by atoms with Crippen LogP contribution < -0.4 is 4.74 Å². The Morgan fingerprint density at radius 1 is 0.743 bits per heavy atom. The quantitative estimate of drug-likeness (QED) is 0.288. The highest BCUT2D eigenvalue weighted by Gasteiger charge is 2.21. The average molecular weight is 462 g/mol. The molecule has 0 spiro atoms. The van der Waals surface area contributed by atoms with E-state index >= 15 is 4.39 Å². The summed E-state index contributed by atoms with van der Waals surface area (Å²) in [7, 11) is 1.59. The molecule has 0 bridgehead atoms. The van der Waals surface area contributed by atoms with Gasteiger partial charge in [-0.05, 0) is 41.5 Å². The van der Waals surface area contributed by atoms with Gasteiger partial charge < -0.3 is 9.72 Å². The average Bonchev–Trinajstić information content (AvgIpc) is 3.28. The number of hydrogen-bond donors (Lipinski definition) is 1. The van der Waals surface area contributed by atoms with Crippen LogP contribution in [0.1, 0.15) is 0 Å². The van der Waals surface area contributed by atoms with Gasteiger partial charge >= 0.3 is 0 Å². The monoisotopic (exact) mass is 462 g/mol. The van der Waals surface area contributed by atoms with E-state index < -0.39 is 11.6 Å². The lowest BCUT2D eigenvalue weighted by Crippen LogP contribution is -1.96. The maximum atomic E-state index is 15.1. The van der Waals surface area contributed by atoms with Crippen molar-refractivity contribution in [2.24, 2.45) is 0 Å². The van der Waals surface area contributed by atoms with E-state index in [0.717, 1.165) is 39.4 Å². The summed E-state index contributed by atoms with van der Waals surface area (Å²) in [6, 6.07) is 29.4. The summed E-state index contributed by atoms with van der Waals surface area (Å²) < 4.78 is 35.2. The first-order valence-electron chi connectivity index (χ1n) is 11.2. The van der Waals surface area contributed by atoms with Crippen molar-refractivity contribution in [1.82, 2.24) is 9.97 Å². The van der Waals surface area contributed by atoms with Crippen LogP contribution in [-0.4, -0.2) is 17.1 Å². The zero-order chi connectivity index (χ0) is 23.9. The van der Waals surface area contributed by atoms with Crippen molar-refractivity contribution < 1.29 is 13.5 Å². The van der Waals surface area contributed by atoms with E-state index in [1.165, 1.54) is 6.07 Å². The standard InChI is InChI=1S/C30H20F2N2O/c1-35-27-14-8-6-11-20(27)26-17-22(23-15-19(31)16-24(32)30(23)34-26)28-21-12-5-7-13-25(21)33-29(28)18-9-3-2-4-10-18/h2-17,33H,1H3. The van der Waals surface area contributed by atoms with Crippen LogP contribution in [0.25, 0.3) is 55.4 Å². The fraction of sp³-hybridized carbons (Fsp3) is 0.0333. The van der Waals surface area contributed by atoms with Crippen LogP contribution in [0.15, 0.2) is 97.1 Å². The number of methoxy groups -OCH3 is 1. The Morgan fingerprint density at radius 2 is 1.49 bits per heavy atom. The van der Waals surface area contributed by atoms with Gasteiger partial charge in [0.15, 0.2) is 5.82 Å². The molecule has 0 atom stereocenters. The number of aromatic amines is 1. The minimum absolute atomic E-state index is 0.106. The van der Waals surface area contributed by atoms with Crippen molar-refractivity contribution >= 4 is 21.8 Å². The summed E-state index contributed by atoms with van der Waals surface area (Å²) in [4.78, 5) is 8.14. The molecule has 4 aromatic carbocycles. The number of para-hydroxylation sites is 2. The summed E-state index contributed by atoms with van der Waals surface area (Å²) in [5.74, 6) is -0.738. The Kier molecular flexibility index (Phi) is 5.03. The van der Waals surface area contributed by atoms with Crippen molar-refractivity contribution in [1.29, 1.82) is 0 Å². The summed E-state index contributed by atoms with van der Waals surface area (Å²) in [6.45, 7) is 0. The summed E-state index contributed by atoms with van der Waals surface area (Å²) in [6.07, 6.45) is 0. The first-order chi connectivity index (χ1) is 17.1. The first kappa shape index (κ1) is 21.1. The first-order valence-corrected chi connectivity index (χ1v) is 11.2. The van der Waals surface area contributed by atoms with Gasteiger partial charge in [-0.3, -0.25) is 0 Å². The molecule has 0 fully saturated rings. The molecular formula is C30H20F2N2O. The van der Waals surface area contributed by atoms with Crippen molar-refractivity contribution in [2.45, 2.75) is 0 Å². The number of benzene rings is 4. The van der Waals surface area contributed by atoms with E-state index in [0.29, 0.717) is 22.4 Å². The van der Waals surface area contributed by atoms with Crippen LogP contribution in [0.3, 0.4) is 0 Å². The van der Waals surface area contributed by atoms with Crippen LogP contribution in [0.4, 0.5) is 8.78 Å². The van der Waals surface area contributed by atoms with E-state index in [4.69, 9.17) is 4.74 Å². The Balaban J connectivity index is 1.77. The summed E-state index contributed by atoms with van der Waals surface area (Å²) in [5.41, 5.74) is 5.69. The van der Waals surface area contributed by atoms with E-state index in [9.17, 15) is 4.39 Å². The predicted molar refractivity (Wildman–Crippen MR) is 136 cm³/mol. The van der Waals surface area contributed by atoms with Gasteiger partial charge in [0.1, 0.15) is 17.1 Å². The second-order valence-electron chi connectivity index (χ2n) is 8.33. The molecule has 0 unspecified atom stereocenters. The third kappa shape index (κ3) is 3.53. The number of rotatable bonds is 4. The Labute approximate surface area is 200 Å². The molecule has 0 aliphatic carbocycles. The largest absolute Gasteiger partial charge is 0.496 e. The Morgan fingerprint density at radius 3 is 2.31 bits per heavy atom. The zero-order valence-electron chi connectivity index (χ0n) is 18.8. The van der Waals surface area contributed by atoms with Gasteiger partial charge in [-0.1, -0.05) is 60.7 Å². The molecule has 0 radical (unpaired) electrons. The van der Waals surface area contributed by atoms with Crippen molar-refractivity contribution in [3.05, 3.63) is 109 Å². The highest BCUT2D eigenvalue weighted by molar-refractivity contribution is 6.10. The Bertz CT molecular complexity index is 1710. The number of pyridine rings is 1. The molecule has 0 amide bonds. The number of nitrogens with zero attached hydrogens (tertiary/aromatic N) is 1. The molecule has 0 aliphatic rings. The van der Waals surface area contributed by atoms with Gasteiger partial charge in [0, 0.05) is 33.5 Å². The molecule has 0 saturated carbocycles. The van der Waals surface area contributed by atoms with Gasteiger partial charge in [0.2, 0.25) is 0 Å². The van der Waals surface area contributed by atoms with E-state index in [-0.39, 0.29) is 5.52 Å². The van der Waals surface area contributed by atoms with Crippen LogP contribution >= 0.6 is 0 Å². The number of fused-ring (bicyclic) bond motifs is 2. The van der Waals surface area contributed by atoms with Gasteiger partial charge in [0.25, 0.3) is 0 Å². The van der Waals surface area contributed by atoms with E-state index in [1.807, 2.05) is 84.9 Å². The predicted octanol–water partition coefficient (Wildman–Crippen LogP) is 8.00. The molecule has 0 aliphatic heterocycles. The molecule has 0 saturated heterocycles. The van der Waals surface area contributed by atoms with E-state index in [1.54, 1.807) is 7.11 Å². The molecule has 2 aromatic heterocycles. The van der Waals surface area contributed by atoms with Gasteiger partial charge in [-0.15, -0.1) is 0 Å². The lowest BCUT2D eigenvalue weighted by Gasteiger charge is -2.14. The molecule has 3 nitrogen and oxygen atoms in total. The molecule has 35 heavy (non-hydrogen) atoms. The lowest BCUT2D eigenvalue weighted by atomic mass is 9.93. The van der Waals surface area contributed by atoms with Gasteiger partial charge in [-0.25, -0.2) is 13.8 Å². The maximum absolute atomic E-state index is 15.1. The number of halogens is 2. The molecule has 5 heteroatoms. The molecule has 6 rings (SSSR count). The maximum Gasteiger partial charge on any atom is 0.152 e. The number of hydrogen-bond acceptors (Lipinski definition) is 2. The minimum Gasteiger partial charge on any atom is -0.496 e. The molecule has 1 N–H and O–H groups in total. The minimum atomic E-state index is -0.709. The fourth-order valence-electron chi connectivity index (χ4n) is 4.70. The van der Waals surface area contributed by atoms with Gasteiger partial charge in [-0.2, -0.15) is 0 Å². The molecule has 2 heterocycles. The second-order valence-corrected chi connectivity index (χ2v) is 8.33. The fourth-order valence-corrected chi connectivity index (χ4v) is 4.70. The number of H-pyrrole nitrogens is 1. The molecular weight excluding hydrogens is 442 g/mol. The SMILES string of the molecule is COc1ccccc1-c1cc(-c2c(-c3ccccc3)[nH]c3ccccc23)c2cc(F)cc(F)c2n1. The summed E-state index contributed by atoms with van der Waals surface area (Å²) >= 11 is 0. The molecule has 170 valence electrons. The summed E-state index contributed by atoms with van der Waals surface area (Å²) in [5, 5.41) is 1.36. The van der Waals surface area contributed by atoms with Crippen molar-refractivity contribution in [3.8, 4) is 39.4 Å². The highest BCUT2D eigenvalue weighted by atomic mass is 19.1. The van der Waals surface area contributed by atoms with Crippen LogP contribution in [-0.2, 0) is 0 Å². The van der Waals surface area contributed by atoms with Crippen molar-refractivity contribution in [2.75, 3.05) is 7.11 Å². The lowest BCUT2D eigenvalue weighted by molar-refractivity contribution is 0.416. The normalized spacial score (nSPS) is 11.3. The molecule has 6 aromatic rings.